The minimum Gasteiger partial charge on any atom is -0.290 e. The van der Waals surface area contributed by atoms with E-state index in [4.69, 9.17) is 4.98 Å². The SMILES string of the molecule is O=c1c2ccccc2nc(-c2ccccc2)n1Nc1ccc(Br)cc1. The fraction of sp³-hybridized carbons (Fsp3) is 0. The van der Waals surface area contributed by atoms with Gasteiger partial charge in [-0.2, -0.15) is 0 Å². The second kappa shape index (κ2) is 6.53. The first-order chi connectivity index (χ1) is 12.2. The Bertz CT molecular complexity index is 1090. The standard InChI is InChI=1S/C20H14BrN3O/c21-15-10-12-16(13-11-15)23-24-19(14-6-2-1-3-7-14)22-18-9-5-4-8-17(18)20(24)25/h1-13,23H. The summed E-state index contributed by atoms with van der Waals surface area (Å²) in [5, 5.41) is 0.576. The molecule has 5 heteroatoms. The van der Waals surface area contributed by atoms with E-state index in [1.165, 1.54) is 4.68 Å². The summed E-state index contributed by atoms with van der Waals surface area (Å²) in [6.45, 7) is 0. The molecule has 0 bridgehead atoms. The molecule has 0 atom stereocenters. The van der Waals surface area contributed by atoms with E-state index in [9.17, 15) is 4.79 Å². The van der Waals surface area contributed by atoms with E-state index in [0.29, 0.717) is 16.7 Å². The third-order valence-electron chi connectivity index (χ3n) is 3.89. The molecule has 0 unspecified atom stereocenters. The van der Waals surface area contributed by atoms with E-state index in [2.05, 4.69) is 21.4 Å². The second-order valence-corrected chi connectivity index (χ2v) is 6.49. The van der Waals surface area contributed by atoms with Crippen molar-refractivity contribution < 1.29 is 0 Å². The Balaban J connectivity index is 1.95. The summed E-state index contributed by atoms with van der Waals surface area (Å²) < 4.78 is 2.48. The molecule has 4 rings (SSSR count). The largest absolute Gasteiger partial charge is 0.290 e. The van der Waals surface area contributed by atoms with E-state index >= 15 is 0 Å². The van der Waals surface area contributed by atoms with Gasteiger partial charge in [0.25, 0.3) is 5.56 Å². The average Bonchev–Trinajstić information content (AvgIpc) is 2.66. The number of anilines is 1. The van der Waals surface area contributed by atoms with Crippen LogP contribution in [0.4, 0.5) is 5.69 Å². The van der Waals surface area contributed by atoms with Crippen molar-refractivity contribution >= 4 is 32.5 Å². The van der Waals surface area contributed by atoms with Gasteiger partial charge in [0.2, 0.25) is 0 Å². The molecule has 1 aromatic heterocycles. The van der Waals surface area contributed by atoms with E-state index in [0.717, 1.165) is 15.7 Å². The molecule has 1 N–H and O–H groups in total. The number of halogens is 1. The van der Waals surface area contributed by atoms with Crippen LogP contribution in [-0.4, -0.2) is 9.66 Å². The Morgan fingerprint density at radius 1 is 0.840 bits per heavy atom. The molecule has 0 aliphatic rings. The normalized spacial score (nSPS) is 10.8. The smallest absolute Gasteiger partial charge is 0.280 e. The van der Waals surface area contributed by atoms with Crippen LogP contribution in [0.1, 0.15) is 0 Å². The second-order valence-electron chi connectivity index (χ2n) is 5.58. The van der Waals surface area contributed by atoms with Gasteiger partial charge in [0.15, 0.2) is 5.82 Å². The molecule has 1 heterocycles. The molecule has 0 radical (unpaired) electrons. The lowest BCUT2D eigenvalue weighted by Gasteiger charge is -2.15. The molecule has 0 fully saturated rings. The van der Waals surface area contributed by atoms with Gasteiger partial charge in [-0.15, -0.1) is 0 Å². The summed E-state index contributed by atoms with van der Waals surface area (Å²) in [6, 6.07) is 24.7. The van der Waals surface area contributed by atoms with Crippen LogP contribution >= 0.6 is 15.9 Å². The Morgan fingerprint density at radius 3 is 2.28 bits per heavy atom. The first kappa shape index (κ1) is 15.6. The summed E-state index contributed by atoms with van der Waals surface area (Å²) in [4.78, 5) is 17.8. The van der Waals surface area contributed by atoms with Crippen molar-refractivity contribution in [2.45, 2.75) is 0 Å². The lowest BCUT2D eigenvalue weighted by atomic mass is 10.2. The molecule has 25 heavy (non-hydrogen) atoms. The molecule has 0 spiro atoms. The van der Waals surface area contributed by atoms with Crippen LogP contribution in [0.5, 0.6) is 0 Å². The Kier molecular flexibility index (Phi) is 4.07. The van der Waals surface area contributed by atoms with Crippen LogP contribution in [0, 0.1) is 0 Å². The predicted molar refractivity (Wildman–Crippen MR) is 105 cm³/mol. The van der Waals surface area contributed by atoms with Gasteiger partial charge >= 0.3 is 0 Å². The van der Waals surface area contributed by atoms with Gasteiger partial charge in [-0.1, -0.05) is 58.4 Å². The molecular formula is C20H14BrN3O. The van der Waals surface area contributed by atoms with Gasteiger partial charge in [0.05, 0.1) is 16.6 Å². The Hall–Kier alpha value is -2.92. The highest BCUT2D eigenvalue weighted by atomic mass is 79.9. The van der Waals surface area contributed by atoms with Gasteiger partial charge in [0.1, 0.15) is 0 Å². The van der Waals surface area contributed by atoms with Crippen LogP contribution in [-0.2, 0) is 0 Å². The number of aromatic nitrogens is 2. The van der Waals surface area contributed by atoms with E-state index in [1.54, 1.807) is 6.07 Å². The maximum atomic E-state index is 13.0. The van der Waals surface area contributed by atoms with Gasteiger partial charge in [0, 0.05) is 10.0 Å². The molecule has 122 valence electrons. The molecule has 0 aliphatic carbocycles. The number of benzene rings is 3. The van der Waals surface area contributed by atoms with Crippen LogP contribution < -0.4 is 11.0 Å². The minimum atomic E-state index is -0.132. The van der Waals surface area contributed by atoms with Gasteiger partial charge in [-0.25, -0.2) is 9.66 Å². The Labute approximate surface area is 152 Å². The predicted octanol–water partition coefficient (Wildman–Crippen LogP) is 4.70. The number of para-hydroxylation sites is 1. The van der Waals surface area contributed by atoms with Gasteiger partial charge in [-0.3, -0.25) is 10.2 Å². The molecule has 0 saturated heterocycles. The van der Waals surface area contributed by atoms with Crippen molar-refractivity contribution in [3.05, 3.63) is 93.7 Å². The molecular weight excluding hydrogens is 378 g/mol. The maximum absolute atomic E-state index is 13.0. The zero-order chi connectivity index (χ0) is 17.2. The van der Waals surface area contributed by atoms with Crippen molar-refractivity contribution in [2.75, 3.05) is 5.43 Å². The highest BCUT2D eigenvalue weighted by molar-refractivity contribution is 9.10. The van der Waals surface area contributed by atoms with Crippen molar-refractivity contribution in [1.82, 2.24) is 9.66 Å². The summed E-state index contributed by atoms with van der Waals surface area (Å²) in [5.74, 6) is 0.576. The molecule has 3 aromatic carbocycles. The number of nitrogens with zero attached hydrogens (tertiary/aromatic N) is 2. The molecule has 0 saturated carbocycles. The van der Waals surface area contributed by atoms with Crippen molar-refractivity contribution in [3.63, 3.8) is 0 Å². The number of hydrogen-bond acceptors (Lipinski definition) is 3. The molecule has 4 aromatic rings. The maximum Gasteiger partial charge on any atom is 0.280 e. The van der Waals surface area contributed by atoms with Crippen molar-refractivity contribution in [2.24, 2.45) is 0 Å². The monoisotopic (exact) mass is 391 g/mol. The van der Waals surface area contributed by atoms with E-state index in [-0.39, 0.29) is 5.56 Å². The third kappa shape index (κ3) is 3.06. The van der Waals surface area contributed by atoms with Crippen LogP contribution in [0.3, 0.4) is 0 Å². The Morgan fingerprint density at radius 2 is 1.52 bits per heavy atom. The fourth-order valence-corrected chi connectivity index (χ4v) is 2.94. The first-order valence-electron chi connectivity index (χ1n) is 7.82. The number of rotatable bonds is 3. The molecule has 0 amide bonds. The van der Waals surface area contributed by atoms with Crippen molar-refractivity contribution in [1.29, 1.82) is 0 Å². The topological polar surface area (TPSA) is 46.9 Å². The highest BCUT2D eigenvalue weighted by Crippen LogP contribution is 2.20. The zero-order valence-corrected chi connectivity index (χ0v) is 14.8. The summed E-state index contributed by atoms with van der Waals surface area (Å²) in [7, 11) is 0. The number of nitrogens with one attached hydrogen (secondary N) is 1. The number of hydrogen-bond donors (Lipinski definition) is 1. The highest BCUT2D eigenvalue weighted by Gasteiger charge is 2.12. The lowest BCUT2D eigenvalue weighted by molar-refractivity contribution is 0.893. The summed E-state index contributed by atoms with van der Waals surface area (Å²) in [5.41, 5.74) is 5.40. The lowest BCUT2D eigenvalue weighted by Crippen LogP contribution is -2.29. The zero-order valence-electron chi connectivity index (χ0n) is 13.2. The molecule has 0 aliphatic heterocycles. The summed E-state index contributed by atoms with van der Waals surface area (Å²) in [6.07, 6.45) is 0. The van der Waals surface area contributed by atoms with Gasteiger partial charge < -0.3 is 0 Å². The molecule has 4 nitrogen and oxygen atoms in total. The third-order valence-corrected chi connectivity index (χ3v) is 4.42. The fourth-order valence-electron chi connectivity index (χ4n) is 2.67. The first-order valence-corrected chi connectivity index (χ1v) is 8.61. The van der Waals surface area contributed by atoms with E-state index in [1.807, 2.05) is 72.8 Å². The number of fused-ring (bicyclic) bond motifs is 1. The van der Waals surface area contributed by atoms with E-state index < -0.39 is 0 Å². The average molecular weight is 392 g/mol. The summed E-state index contributed by atoms with van der Waals surface area (Å²) >= 11 is 3.42. The van der Waals surface area contributed by atoms with Crippen LogP contribution in [0.25, 0.3) is 22.3 Å². The minimum absolute atomic E-state index is 0.132. The van der Waals surface area contributed by atoms with Gasteiger partial charge in [-0.05, 0) is 36.4 Å². The quantitative estimate of drug-likeness (QED) is 0.550. The van der Waals surface area contributed by atoms with Crippen LogP contribution in [0.2, 0.25) is 0 Å². The van der Waals surface area contributed by atoms with Crippen LogP contribution in [0.15, 0.2) is 88.1 Å². The van der Waals surface area contributed by atoms with Crippen molar-refractivity contribution in [3.8, 4) is 11.4 Å².